The molecular weight excluding hydrogens is 343 g/mol. The monoisotopic (exact) mass is 358 g/mol. The fraction of sp³-hybridized carbons (Fsp3) is 0. The zero-order chi connectivity index (χ0) is 18.8. The van der Waals surface area contributed by atoms with Crippen LogP contribution in [0.15, 0.2) is 83.8 Å². The molecule has 0 radical (unpaired) electrons. The zero-order valence-corrected chi connectivity index (χ0v) is 14.2. The molecule has 1 heterocycles. The smallest absolute Gasteiger partial charge is 0.261 e. The maximum absolute atomic E-state index is 13.6. The highest BCUT2D eigenvalue weighted by molar-refractivity contribution is 6.07. The first kappa shape index (κ1) is 16.7. The number of amides is 1. The number of hydrogen-bond donors (Lipinski definition) is 2. The second-order valence-corrected chi connectivity index (χ2v) is 6.09. The van der Waals surface area contributed by atoms with Crippen LogP contribution in [0.1, 0.15) is 10.4 Å². The van der Waals surface area contributed by atoms with Crippen LogP contribution in [0.4, 0.5) is 10.1 Å². The van der Waals surface area contributed by atoms with Gasteiger partial charge in [-0.05, 0) is 35.9 Å². The van der Waals surface area contributed by atoms with E-state index in [0.29, 0.717) is 27.7 Å². The van der Waals surface area contributed by atoms with E-state index in [2.05, 4.69) is 10.3 Å². The first-order chi connectivity index (χ1) is 13.1. The van der Waals surface area contributed by atoms with E-state index in [1.165, 1.54) is 18.3 Å². The minimum absolute atomic E-state index is 0.0164. The Morgan fingerprint density at radius 1 is 0.926 bits per heavy atom. The summed E-state index contributed by atoms with van der Waals surface area (Å²) in [5.41, 5.74) is 2.15. The minimum Gasteiger partial charge on any atom is -0.360 e. The molecule has 0 aliphatic carbocycles. The number of para-hydroxylation sites is 2. The number of pyridine rings is 1. The van der Waals surface area contributed by atoms with Crippen molar-refractivity contribution in [2.45, 2.75) is 0 Å². The fourth-order valence-electron chi connectivity index (χ4n) is 3.03. The van der Waals surface area contributed by atoms with Crippen LogP contribution in [0.3, 0.4) is 0 Å². The van der Waals surface area contributed by atoms with Crippen LogP contribution < -0.4 is 10.7 Å². The summed E-state index contributed by atoms with van der Waals surface area (Å²) in [6.45, 7) is 0. The second-order valence-electron chi connectivity index (χ2n) is 6.09. The SMILES string of the molecule is O=C(Nc1ccccc1-c1cccc(F)c1)c1c[nH]c2ccccc2c1=O. The van der Waals surface area contributed by atoms with Gasteiger partial charge in [-0.15, -0.1) is 0 Å². The molecule has 27 heavy (non-hydrogen) atoms. The van der Waals surface area contributed by atoms with E-state index in [0.717, 1.165) is 0 Å². The van der Waals surface area contributed by atoms with E-state index in [9.17, 15) is 14.0 Å². The maximum atomic E-state index is 13.6. The Balaban J connectivity index is 1.73. The predicted octanol–water partition coefficient (Wildman–Crippen LogP) is 4.59. The molecule has 0 atom stereocenters. The van der Waals surface area contributed by atoms with E-state index >= 15 is 0 Å². The summed E-state index contributed by atoms with van der Waals surface area (Å²) in [6, 6.07) is 20.2. The molecule has 2 N–H and O–H groups in total. The predicted molar refractivity (Wildman–Crippen MR) is 104 cm³/mol. The Bertz CT molecular complexity index is 1210. The van der Waals surface area contributed by atoms with Gasteiger partial charge in [-0.1, -0.05) is 42.5 Å². The van der Waals surface area contributed by atoms with Crippen molar-refractivity contribution in [1.82, 2.24) is 4.98 Å². The lowest BCUT2D eigenvalue weighted by atomic mass is 10.0. The van der Waals surface area contributed by atoms with Crippen LogP contribution in [-0.2, 0) is 0 Å². The molecule has 0 unspecified atom stereocenters. The molecule has 1 aromatic heterocycles. The van der Waals surface area contributed by atoms with E-state index in [1.807, 2.05) is 6.07 Å². The second kappa shape index (κ2) is 6.88. The van der Waals surface area contributed by atoms with Crippen LogP contribution in [0.2, 0.25) is 0 Å². The molecule has 4 nitrogen and oxygen atoms in total. The first-order valence-electron chi connectivity index (χ1n) is 8.40. The van der Waals surface area contributed by atoms with Crippen molar-refractivity contribution in [3.63, 3.8) is 0 Å². The topological polar surface area (TPSA) is 62.0 Å². The molecule has 0 aliphatic rings. The van der Waals surface area contributed by atoms with Crippen LogP contribution in [0.25, 0.3) is 22.0 Å². The van der Waals surface area contributed by atoms with E-state index in [-0.39, 0.29) is 16.8 Å². The molecule has 0 spiro atoms. The Labute approximate surface area is 154 Å². The quantitative estimate of drug-likeness (QED) is 0.563. The standard InChI is InChI=1S/C22H15FN2O2/c23-15-7-5-6-14(12-15)16-8-1-4-11-20(16)25-22(27)18-13-24-19-10-3-2-9-17(19)21(18)26/h1-13H,(H,24,26)(H,25,27). The van der Waals surface area contributed by atoms with Gasteiger partial charge in [0.25, 0.3) is 5.91 Å². The van der Waals surface area contributed by atoms with Gasteiger partial charge >= 0.3 is 0 Å². The van der Waals surface area contributed by atoms with Gasteiger partial charge in [0.05, 0.1) is 0 Å². The van der Waals surface area contributed by atoms with Crippen molar-refractivity contribution in [3.05, 3.63) is 101 Å². The number of hydrogen-bond acceptors (Lipinski definition) is 2. The lowest BCUT2D eigenvalue weighted by molar-refractivity contribution is 0.102. The molecular formula is C22H15FN2O2. The first-order valence-corrected chi connectivity index (χ1v) is 8.40. The molecule has 0 aliphatic heterocycles. The van der Waals surface area contributed by atoms with Gasteiger partial charge < -0.3 is 10.3 Å². The van der Waals surface area contributed by atoms with Crippen molar-refractivity contribution in [3.8, 4) is 11.1 Å². The van der Waals surface area contributed by atoms with Crippen LogP contribution >= 0.6 is 0 Å². The van der Waals surface area contributed by atoms with Gasteiger partial charge in [-0.3, -0.25) is 9.59 Å². The number of fused-ring (bicyclic) bond motifs is 1. The lowest BCUT2D eigenvalue weighted by Gasteiger charge is -2.11. The summed E-state index contributed by atoms with van der Waals surface area (Å²) in [5, 5.41) is 3.22. The third kappa shape index (κ3) is 3.22. The molecule has 4 aromatic rings. The minimum atomic E-state index is -0.522. The van der Waals surface area contributed by atoms with Gasteiger partial charge in [0.2, 0.25) is 5.43 Å². The maximum Gasteiger partial charge on any atom is 0.261 e. The van der Waals surface area contributed by atoms with E-state index in [4.69, 9.17) is 0 Å². The Kier molecular flexibility index (Phi) is 4.26. The number of aromatic amines is 1. The van der Waals surface area contributed by atoms with Gasteiger partial charge in [-0.2, -0.15) is 0 Å². The zero-order valence-electron chi connectivity index (χ0n) is 14.2. The third-order valence-electron chi connectivity index (χ3n) is 4.34. The third-order valence-corrected chi connectivity index (χ3v) is 4.34. The average molecular weight is 358 g/mol. The normalized spacial score (nSPS) is 10.7. The Hall–Kier alpha value is -3.73. The highest BCUT2D eigenvalue weighted by atomic mass is 19.1. The van der Waals surface area contributed by atoms with Crippen LogP contribution in [0, 0.1) is 5.82 Å². The van der Waals surface area contributed by atoms with Gasteiger partial charge in [0.15, 0.2) is 0 Å². The number of anilines is 1. The molecule has 3 aromatic carbocycles. The van der Waals surface area contributed by atoms with Crippen molar-refractivity contribution >= 4 is 22.5 Å². The average Bonchev–Trinajstić information content (AvgIpc) is 2.69. The summed E-state index contributed by atoms with van der Waals surface area (Å²) in [4.78, 5) is 28.3. The fourth-order valence-corrected chi connectivity index (χ4v) is 3.03. The van der Waals surface area contributed by atoms with E-state index in [1.54, 1.807) is 54.6 Å². The van der Waals surface area contributed by atoms with Crippen LogP contribution in [-0.4, -0.2) is 10.9 Å². The lowest BCUT2D eigenvalue weighted by Crippen LogP contribution is -2.22. The highest BCUT2D eigenvalue weighted by Crippen LogP contribution is 2.28. The van der Waals surface area contributed by atoms with Crippen LogP contribution in [0.5, 0.6) is 0 Å². The number of aromatic nitrogens is 1. The van der Waals surface area contributed by atoms with Gasteiger partial charge in [0, 0.05) is 28.4 Å². The van der Waals surface area contributed by atoms with Gasteiger partial charge in [0.1, 0.15) is 11.4 Å². The Morgan fingerprint density at radius 2 is 1.70 bits per heavy atom. The molecule has 4 rings (SSSR count). The largest absolute Gasteiger partial charge is 0.360 e. The van der Waals surface area contributed by atoms with E-state index < -0.39 is 5.91 Å². The van der Waals surface area contributed by atoms with Crippen molar-refractivity contribution in [2.75, 3.05) is 5.32 Å². The summed E-state index contributed by atoms with van der Waals surface area (Å²) in [7, 11) is 0. The molecule has 132 valence electrons. The number of H-pyrrole nitrogens is 1. The Morgan fingerprint density at radius 3 is 2.56 bits per heavy atom. The number of benzene rings is 3. The molecule has 0 fully saturated rings. The molecule has 0 bridgehead atoms. The number of rotatable bonds is 3. The summed E-state index contributed by atoms with van der Waals surface area (Å²) in [6.07, 6.45) is 1.41. The van der Waals surface area contributed by atoms with Gasteiger partial charge in [-0.25, -0.2) is 4.39 Å². The summed E-state index contributed by atoms with van der Waals surface area (Å²) >= 11 is 0. The highest BCUT2D eigenvalue weighted by Gasteiger charge is 2.15. The van der Waals surface area contributed by atoms with Crippen molar-refractivity contribution < 1.29 is 9.18 Å². The summed E-state index contributed by atoms with van der Waals surface area (Å²) in [5.74, 6) is -0.884. The summed E-state index contributed by atoms with van der Waals surface area (Å²) < 4.78 is 13.6. The number of carbonyl (C=O) groups excluding carboxylic acids is 1. The molecule has 1 amide bonds. The van der Waals surface area contributed by atoms with Crippen molar-refractivity contribution in [2.24, 2.45) is 0 Å². The molecule has 0 saturated heterocycles. The number of halogens is 1. The van der Waals surface area contributed by atoms with Crippen molar-refractivity contribution in [1.29, 1.82) is 0 Å². The number of nitrogens with one attached hydrogen (secondary N) is 2. The number of carbonyl (C=O) groups is 1. The molecule has 5 heteroatoms. The molecule has 0 saturated carbocycles.